The molecule has 1 aliphatic rings. The van der Waals surface area contributed by atoms with E-state index in [0.717, 1.165) is 25.9 Å². The molecule has 0 spiro atoms. The molecule has 0 aliphatic carbocycles. The Bertz CT molecular complexity index is 238. The van der Waals surface area contributed by atoms with Crippen LogP contribution >= 0.6 is 0 Å². The highest BCUT2D eigenvalue weighted by Crippen LogP contribution is 2.22. The van der Waals surface area contributed by atoms with E-state index in [0.29, 0.717) is 0 Å². The summed E-state index contributed by atoms with van der Waals surface area (Å²) in [5.41, 5.74) is 0.00256. The quantitative estimate of drug-likeness (QED) is 0.745. The largest absolute Gasteiger partial charge is 0.336 e. The Kier molecular flexibility index (Phi) is 4.78. The lowest BCUT2D eigenvalue weighted by Crippen LogP contribution is -2.50. The van der Waals surface area contributed by atoms with Crippen molar-refractivity contribution in [1.82, 2.24) is 10.2 Å². The number of carbonyl (C=O) groups excluding carboxylic acids is 1. The predicted octanol–water partition coefficient (Wildman–Crippen LogP) is 2.17. The molecule has 16 heavy (non-hydrogen) atoms. The molecule has 1 heterocycles. The number of rotatable bonds is 4. The summed E-state index contributed by atoms with van der Waals surface area (Å²) in [4.78, 5) is 14.3. The van der Waals surface area contributed by atoms with Crippen molar-refractivity contribution < 1.29 is 4.79 Å². The Labute approximate surface area is 99.6 Å². The van der Waals surface area contributed by atoms with Crippen LogP contribution in [0.2, 0.25) is 0 Å². The summed E-state index contributed by atoms with van der Waals surface area (Å²) in [6, 6.07) is -0.0246. The second-order valence-electron chi connectivity index (χ2n) is 5.44. The Balaban J connectivity index is 2.67. The third-order valence-corrected chi connectivity index (χ3v) is 3.54. The molecule has 3 nitrogen and oxygen atoms in total. The molecule has 0 saturated carbocycles. The molecular weight excluding hydrogens is 200 g/mol. The van der Waals surface area contributed by atoms with E-state index in [1.54, 1.807) is 0 Å². The fourth-order valence-electron chi connectivity index (χ4n) is 2.28. The van der Waals surface area contributed by atoms with Gasteiger partial charge in [-0.1, -0.05) is 19.8 Å². The van der Waals surface area contributed by atoms with Gasteiger partial charge in [-0.2, -0.15) is 0 Å². The lowest BCUT2D eigenvalue weighted by atomic mass is 9.98. The SMILES string of the molecule is CCCCCN1C(=O)C(C)NCCC1(C)C. The minimum absolute atomic E-state index is 0.00256. The number of hydrogen-bond acceptors (Lipinski definition) is 2. The average Bonchev–Trinajstić information content (AvgIpc) is 2.30. The van der Waals surface area contributed by atoms with Gasteiger partial charge in [0.1, 0.15) is 0 Å². The number of amides is 1. The maximum atomic E-state index is 12.2. The van der Waals surface area contributed by atoms with E-state index in [1.807, 2.05) is 6.92 Å². The fourth-order valence-corrected chi connectivity index (χ4v) is 2.28. The number of nitrogens with zero attached hydrogens (tertiary/aromatic N) is 1. The van der Waals surface area contributed by atoms with Gasteiger partial charge in [0.15, 0.2) is 0 Å². The molecule has 3 heteroatoms. The molecule has 1 saturated heterocycles. The monoisotopic (exact) mass is 226 g/mol. The van der Waals surface area contributed by atoms with Crippen LogP contribution in [0.25, 0.3) is 0 Å². The van der Waals surface area contributed by atoms with Crippen molar-refractivity contribution in [3.63, 3.8) is 0 Å². The number of carbonyl (C=O) groups is 1. The van der Waals surface area contributed by atoms with Crippen LogP contribution in [0.1, 0.15) is 53.4 Å². The predicted molar refractivity (Wildman–Crippen MR) is 67.4 cm³/mol. The van der Waals surface area contributed by atoms with Gasteiger partial charge >= 0.3 is 0 Å². The van der Waals surface area contributed by atoms with Gasteiger partial charge in [0.25, 0.3) is 0 Å². The van der Waals surface area contributed by atoms with E-state index < -0.39 is 0 Å². The lowest BCUT2D eigenvalue weighted by Gasteiger charge is -2.37. The third kappa shape index (κ3) is 3.21. The number of hydrogen-bond donors (Lipinski definition) is 1. The fraction of sp³-hybridized carbons (Fsp3) is 0.923. The van der Waals surface area contributed by atoms with Gasteiger partial charge in [-0.15, -0.1) is 0 Å². The van der Waals surface area contributed by atoms with Gasteiger partial charge in [0, 0.05) is 12.1 Å². The van der Waals surface area contributed by atoms with Gasteiger partial charge in [-0.25, -0.2) is 0 Å². The van der Waals surface area contributed by atoms with E-state index in [9.17, 15) is 4.79 Å². The highest BCUT2D eigenvalue weighted by Gasteiger charge is 2.35. The van der Waals surface area contributed by atoms with Crippen LogP contribution in [0.15, 0.2) is 0 Å². The second-order valence-corrected chi connectivity index (χ2v) is 5.44. The topological polar surface area (TPSA) is 32.3 Å². The molecule has 1 amide bonds. The normalized spacial score (nSPS) is 25.6. The molecule has 1 aliphatic heterocycles. The highest BCUT2D eigenvalue weighted by atomic mass is 16.2. The molecule has 1 fully saturated rings. The lowest BCUT2D eigenvalue weighted by molar-refractivity contribution is -0.137. The first-order chi connectivity index (χ1) is 7.49. The van der Waals surface area contributed by atoms with E-state index in [2.05, 4.69) is 31.0 Å². The van der Waals surface area contributed by atoms with Crippen LogP contribution < -0.4 is 5.32 Å². The van der Waals surface area contributed by atoms with Crippen LogP contribution in [0.3, 0.4) is 0 Å². The zero-order valence-electron chi connectivity index (χ0n) is 11.2. The minimum Gasteiger partial charge on any atom is -0.336 e. The molecule has 0 radical (unpaired) electrons. The van der Waals surface area contributed by atoms with Gasteiger partial charge in [0.05, 0.1) is 6.04 Å². The minimum atomic E-state index is -0.0246. The maximum Gasteiger partial charge on any atom is 0.239 e. The number of unbranched alkanes of at least 4 members (excludes halogenated alkanes) is 2. The van der Waals surface area contributed by atoms with Gasteiger partial charge in [0.2, 0.25) is 5.91 Å². The van der Waals surface area contributed by atoms with Crippen LogP contribution in [0.5, 0.6) is 0 Å². The molecular formula is C13H26N2O. The summed E-state index contributed by atoms with van der Waals surface area (Å²) in [6.45, 7) is 10.4. The van der Waals surface area contributed by atoms with Crippen molar-refractivity contribution in [1.29, 1.82) is 0 Å². The van der Waals surface area contributed by atoms with Crippen molar-refractivity contribution in [2.75, 3.05) is 13.1 Å². The first kappa shape index (κ1) is 13.5. The molecule has 1 rings (SSSR count). The average molecular weight is 226 g/mol. The third-order valence-electron chi connectivity index (χ3n) is 3.54. The van der Waals surface area contributed by atoms with Crippen molar-refractivity contribution in [2.45, 2.75) is 65.0 Å². The first-order valence-electron chi connectivity index (χ1n) is 6.54. The molecule has 1 N–H and O–H groups in total. The van der Waals surface area contributed by atoms with Crippen LogP contribution in [-0.2, 0) is 4.79 Å². The molecule has 94 valence electrons. The van der Waals surface area contributed by atoms with E-state index in [-0.39, 0.29) is 17.5 Å². The van der Waals surface area contributed by atoms with Crippen LogP contribution in [-0.4, -0.2) is 35.5 Å². The summed E-state index contributed by atoms with van der Waals surface area (Å²) in [5, 5.41) is 3.28. The summed E-state index contributed by atoms with van der Waals surface area (Å²) < 4.78 is 0. The van der Waals surface area contributed by atoms with E-state index in [1.165, 1.54) is 12.8 Å². The van der Waals surface area contributed by atoms with Crippen molar-refractivity contribution in [3.05, 3.63) is 0 Å². The van der Waals surface area contributed by atoms with Crippen molar-refractivity contribution in [2.24, 2.45) is 0 Å². The maximum absolute atomic E-state index is 12.2. The van der Waals surface area contributed by atoms with Crippen molar-refractivity contribution >= 4 is 5.91 Å². The first-order valence-corrected chi connectivity index (χ1v) is 6.54. The molecule has 0 aromatic carbocycles. The standard InChI is InChI=1S/C13H26N2O/c1-5-6-7-10-15-12(16)11(2)14-9-8-13(15,3)4/h11,14H,5-10H2,1-4H3. The van der Waals surface area contributed by atoms with Gasteiger partial charge in [-0.3, -0.25) is 4.79 Å². The molecule has 1 atom stereocenters. The second kappa shape index (κ2) is 5.67. The van der Waals surface area contributed by atoms with Gasteiger partial charge < -0.3 is 10.2 Å². The highest BCUT2D eigenvalue weighted by molar-refractivity contribution is 5.82. The molecule has 0 bridgehead atoms. The molecule has 1 unspecified atom stereocenters. The number of nitrogens with one attached hydrogen (secondary N) is 1. The van der Waals surface area contributed by atoms with E-state index >= 15 is 0 Å². The van der Waals surface area contributed by atoms with Gasteiger partial charge in [-0.05, 0) is 40.2 Å². The summed E-state index contributed by atoms with van der Waals surface area (Å²) in [6.07, 6.45) is 4.57. The Morgan fingerprint density at radius 1 is 1.44 bits per heavy atom. The molecule has 0 aromatic heterocycles. The summed E-state index contributed by atoms with van der Waals surface area (Å²) in [7, 11) is 0. The molecule has 0 aromatic rings. The summed E-state index contributed by atoms with van der Waals surface area (Å²) in [5.74, 6) is 0.263. The Hall–Kier alpha value is -0.570. The smallest absolute Gasteiger partial charge is 0.239 e. The van der Waals surface area contributed by atoms with Crippen LogP contribution in [0, 0.1) is 0 Å². The zero-order valence-corrected chi connectivity index (χ0v) is 11.2. The summed E-state index contributed by atoms with van der Waals surface area (Å²) >= 11 is 0. The van der Waals surface area contributed by atoms with Crippen molar-refractivity contribution in [3.8, 4) is 0 Å². The Morgan fingerprint density at radius 2 is 2.12 bits per heavy atom. The Morgan fingerprint density at radius 3 is 2.75 bits per heavy atom. The van der Waals surface area contributed by atoms with E-state index in [4.69, 9.17) is 0 Å². The zero-order chi connectivity index (χ0) is 12.2. The van der Waals surface area contributed by atoms with Crippen LogP contribution in [0.4, 0.5) is 0 Å².